The number of anilines is 2. The van der Waals surface area contributed by atoms with Crippen molar-refractivity contribution in [2.45, 2.75) is 17.1 Å². The van der Waals surface area contributed by atoms with Crippen molar-refractivity contribution < 1.29 is 28.6 Å². The third-order valence-electron chi connectivity index (χ3n) is 7.52. The first-order valence-corrected chi connectivity index (χ1v) is 16.5. The lowest BCUT2D eigenvalue weighted by Crippen LogP contribution is -2.30. The summed E-state index contributed by atoms with van der Waals surface area (Å²) >= 11 is 1.40. The van der Waals surface area contributed by atoms with Gasteiger partial charge in [0.05, 0.1) is 21.3 Å². The van der Waals surface area contributed by atoms with E-state index in [4.69, 9.17) is 14.2 Å². The molecule has 0 fully saturated rings. The number of amides is 3. The van der Waals surface area contributed by atoms with Gasteiger partial charge < -0.3 is 30.2 Å². The van der Waals surface area contributed by atoms with Gasteiger partial charge in [0.1, 0.15) is 10.9 Å². The highest BCUT2D eigenvalue weighted by atomic mass is 32.2. The van der Waals surface area contributed by atoms with Crippen molar-refractivity contribution in [2.24, 2.45) is 0 Å². The molecule has 0 saturated heterocycles. The lowest BCUT2D eigenvalue weighted by atomic mass is 10.1. The topological polar surface area (TPSA) is 115 Å². The maximum atomic E-state index is 13.7. The minimum absolute atomic E-state index is 0.0106. The van der Waals surface area contributed by atoms with Gasteiger partial charge in [-0.05, 0) is 90.4 Å². The van der Waals surface area contributed by atoms with Crippen LogP contribution in [0.15, 0.2) is 132 Å². The van der Waals surface area contributed by atoms with Crippen LogP contribution in [0.4, 0.5) is 11.4 Å². The van der Waals surface area contributed by atoms with Crippen LogP contribution in [-0.4, -0.2) is 39.1 Å². The molecule has 5 rings (SSSR count). The summed E-state index contributed by atoms with van der Waals surface area (Å²) in [4.78, 5) is 41.2. The Labute approximate surface area is 295 Å². The Morgan fingerprint density at radius 2 is 1.32 bits per heavy atom. The maximum Gasteiger partial charge on any atom is 0.272 e. The largest absolute Gasteiger partial charge is 0.493 e. The van der Waals surface area contributed by atoms with Crippen molar-refractivity contribution in [3.05, 3.63) is 149 Å². The van der Waals surface area contributed by atoms with Gasteiger partial charge in [0.2, 0.25) is 11.7 Å². The van der Waals surface area contributed by atoms with Gasteiger partial charge in [0, 0.05) is 21.8 Å². The molecule has 0 saturated carbocycles. The minimum atomic E-state index is -0.553. The first-order chi connectivity index (χ1) is 24.3. The molecule has 0 spiro atoms. The quantitative estimate of drug-likeness (QED) is 0.0852. The second-order valence-corrected chi connectivity index (χ2v) is 12.3. The van der Waals surface area contributed by atoms with Crippen LogP contribution in [0.3, 0.4) is 0 Å². The molecule has 3 amide bonds. The number of carbonyl (C=O) groups excluding carboxylic acids is 3. The Kier molecular flexibility index (Phi) is 11.9. The Hall–Kier alpha value is -6.00. The average Bonchev–Trinajstić information content (AvgIpc) is 3.14. The molecule has 10 heteroatoms. The highest BCUT2D eigenvalue weighted by molar-refractivity contribution is 8.00. The maximum absolute atomic E-state index is 13.7. The van der Waals surface area contributed by atoms with Crippen LogP contribution in [-0.2, 0) is 9.59 Å². The summed E-state index contributed by atoms with van der Waals surface area (Å²) < 4.78 is 16.4. The molecule has 5 aromatic carbocycles. The first kappa shape index (κ1) is 35.3. The highest BCUT2D eigenvalue weighted by Crippen LogP contribution is 2.39. The molecule has 0 aromatic heterocycles. The van der Waals surface area contributed by atoms with Gasteiger partial charge in [-0.1, -0.05) is 60.7 Å². The number of nitrogens with one attached hydrogen (secondary N) is 3. The zero-order valence-electron chi connectivity index (χ0n) is 28.1. The van der Waals surface area contributed by atoms with E-state index in [1.165, 1.54) is 39.2 Å². The summed E-state index contributed by atoms with van der Waals surface area (Å²) in [6, 6.07) is 36.3. The number of methoxy groups -OCH3 is 3. The van der Waals surface area contributed by atoms with Crippen LogP contribution in [0.1, 0.15) is 32.3 Å². The Morgan fingerprint density at radius 1 is 0.680 bits per heavy atom. The molecular weight excluding hydrogens is 651 g/mol. The number of thioether (sulfide) groups is 1. The molecule has 9 nitrogen and oxygen atoms in total. The normalized spacial score (nSPS) is 11.6. The highest BCUT2D eigenvalue weighted by Gasteiger charge is 2.23. The second kappa shape index (κ2) is 16.9. The number of carbonyl (C=O) groups is 3. The monoisotopic (exact) mass is 687 g/mol. The number of ether oxygens (including phenoxy) is 3. The number of hydrogen-bond acceptors (Lipinski definition) is 7. The van der Waals surface area contributed by atoms with Crippen LogP contribution >= 0.6 is 11.8 Å². The van der Waals surface area contributed by atoms with Crippen LogP contribution < -0.4 is 30.2 Å². The van der Waals surface area contributed by atoms with E-state index in [1.807, 2.05) is 73.7 Å². The third kappa shape index (κ3) is 9.12. The summed E-state index contributed by atoms with van der Waals surface area (Å²) in [6.07, 6.45) is 1.53. The summed E-state index contributed by atoms with van der Waals surface area (Å²) in [6.45, 7) is 1.97. The van der Waals surface area contributed by atoms with Crippen molar-refractivity contribution in [1.82, 2.24) is 5.32 Å². The SMILES string of the molecule is COc1cc(/C=C(\NC(=O)c2ccccc2)C(=O)Nc2ccc(SC(C(=O)Nc3cccc(C)c3)c3ccccc3)cc2)cc(OC)c1OC. The summed E-state index contributed by atoms with van der Waals surface area (Å²) in [7, 11) is 4.49. The molecule has 1 unspecified atom stereocenters. The first-order valence-electron chi connectivity index (χ1n) is 15.7. The number of rotatable bonds is 13. The van der Waals surface area contributed by atoms with Crippen LogP contribution in [0.5, 0.6) is 17.2 Å². The second-order valence-electron chi connectivity index (χ2n) is 11.1. The summed E-state index contributed by atoms with van der Waals surface area (Å²) in [5, 5.41) is 8.13. The van der Waals surface area contributed by atoms with E-state index in [2.05, 4.69) is 16.0 Å². The van der Waals surface area contributed by atoms with Gasteiger partial charge in [-0.25, -0.2) is 0 Å². The lowest BCUT2D eigenvalue weighted by molar-refractivity contribution is -0.116. The predicted octanol–water partition coefficient (Wildman–Crippen LogP) is 7.90. The molecule has 0 aliphatic heterocycles. The van der Waals surface area contributed by atoms with Gasteiger partial charge in [0.25, 0.3) is 11.8 Å². The van der Waals surface area contributed by atoms with E-state index < -0.39 is 17.1 Å². The Bertz CT molecular complexity index is 1960. The lowest BCUT2D eigenvalue weighted by Gasteiger charge is -2.18. The molecule has 0 radical (unpaired) electrons. The van der Waals surface area contributed by atoms with Gasteiger partial charge in [-0.3, -0.25) is 14.4 Å². The molecule has 3 N–H and O–H groups in total. The molecule has 0 heterocycles. The Morgan fingerprint density at radius 3 is 1.92 bits per heavy atom. The smallest absolute Gasteiger partial charge is 0.272 e. The third-order valence-corrected chi connectivity index (χ3v) is 8.79. The molecule has 50 heavy (non-hydrogen) atoms. The van der Waals surface area contributed by atoms with E-state index in [1.54, 1.807) is 54.6 Å². The van der Waals surface area contributed by atoms with E-state index in [0.29, 0.717) is 34.1 Å². The van der Waals surface area contributed by atoms with Crippen molar-refractivity contribution >= 4 is 46.9 Å². The van der Waals surface area contributed by atoms with Gasteiger partial charge >= 0.3 is 0 Å². The molecule has 1 atom stereocenters. The fourth-order valence-electron chi connectivity index (χ4n) is 5.08. The fourth-order valence-corrected chi connectivity index (χ4v) is 6.10. The average molecular weight is 688 g/mol. The zero-order valence-corrected chi connectivity index (χ0v) is 28.9. The number of hydrogen-bond donors (Lipinski definition) is 3. The van der Waals surface area contributed by atoms with Crippen molar-refractivity contribution in [1.29, 1.82) is 0 Å². The fraction of sp³-hybridized carbons (Fsp3) is 0.125. The van der Waals surface area contributed by atoms with Crippen molar-refractivity contribution in [3.63, 3.8) is 0 Å². The summed E-state index contributed by atoms with van der Waals surface area (Å²) in [5.74, 6) is 0.0140. The zero-order chi connectivity index (χ0) is 35.5. The molecule has 5 aromatic rings. The standard InChI is InChI=1S/C40H37N3O6S/c1-26-12-11-17-31(22-26)42-40(46)37(28-13-7-5-8-14-28)50-32-20-18-30(19-21-32)41-39(45)33(43-38(44)29-15-9-6-10-16-29)23-27-24-34(47-2)36(49-4)35(25-27)48-3/h5-25,37H,1-4H3,(H,41,45)(H,42,46)(H,43,44)/b33-23-. The van der Waals surface area contributed by atoms with E-state index in [9.17, 15) is 14.4 Å². The van der Waals surface area contributed by atoms with Gasteiger partial charge in [-0.2, -0.15) is 0 Å². The van der Waals surface area contributed by atoms with E-state index in [-0.39, 0.29) is 11.6 Å². The van der Waals surface area contributed by atoms with E-state index in [0.717, 1.165) is 21.7 Å². The van der Waals surface area contributed by atoms with E-state index >= 15 is 0 Å². The minimum Gasteiger partial charge on any atom is -0.493 e. The van der Waals surface area contributed by atoms with Crippen molar-refractivity contribution in [2.75, 3.05) is 32.0 Å². The molecule has 254 valence electrons. The predicted molar refractivity (Wildman–Crippen MR) is 198 cm³/mol. The molecule has 0 aliphatic rings. The molecule has 0 aliphatic carbocycles. The number of benzene rings is 5. The molecule has 0 bridgehead atoms. The van der Waals surface area contributed by atoms with Crippen LogP contribution in [0.2, 0.25) is 0 Å². The number of aryl methyl sites for hydroxylation is 1. The summed E-state index contributed by atoms with van der Waals surface area (Å²) in [5.41, 5.74) is 4.02. The molecular formula is C40H37N3O6S. The van der Waals surface area contributed by atoms with Crippen LogP contribution in [0.25, 0.3) is 6.08 Å². The van der Waals surface area contributed by atoms with Gasteiger partial charge in [0.15, 0.2) is 11.5 Å². The van der Waals surface area contributed by atoms with Crippen molar-refractivity contribution in [3.8, 4) is 17.2 Å². The van der Waals surface area contributed by atoms with Gasteiger partial charge in [-0.15, -0.1) is 11.8 Å². The van der Waals surface area contributed by atoms with Crippen LogP contribution in [0, 0.1) is 6.92 Å². The Balaban J connectivity index is 1.38.